The van der Waals surface area contributed by atoms with E-state index in [1.54, 1.807) is 18.2 Å². The van der Waals surface area contributed by atoms with E-state index in [9.17, 15) is 9.59 Å². The van der Waals surface area contributed by atoms with Crippen LogP contribution in [0.4, 0.5) is 0 Å². The van der Waals surface area contributed by atoms with Gasteiger partial charge in [-0.2, -0.15) is 0 Å². The normalized spacial score (nSPS) is 26.6. The Kier molecular flexibility index (Phi) is 6.57. The fourth-order valence-electron chi connectivity index (χ4n) is 8.40. The molecule has 2 atom stereocenters. The molecule has 4 heterocycles. The van der Waals surface area contributed by atoms with Crippen molar-refractivity contribution in [2.24, 2.45) is 29.5 Å². The number of methoxy groups -OCH3 is 1. The first-order chi connectivity index (χ1) is 22.0. The lowest BCUT2D eigenvalue weighted by molar-refractivity contribution is -0.200. The molecule has 0 radical (unpaired) electrons. The van der Waals surface area contributed by atoms with Crippen molar-refractivity contribution in [1.82, 2.24) is 34.4 Å². The van der Waals surface area contributed by atoms with Crippen LogP contribution in [0, 0.1) is 16.7 Å². The predicted octanol–water partition coefficient (Wildman–Crippen LogP) is 4.40. The maximum atomic E-state index is 13.7. The second kappa shape index (κ2) is 10.3. The van der Waals surface area contributed by atoms with Crippen LogP contribution in [0.3, 0.4) is 0 Å². The van der Waals surface area contributed by atoms with Crippen molar-refractivity contribution in [3.05, 3.63) is 41.6 Å². The molecule has 5 fully saturated rings. The fraction of sp³-hybridized carbons (Fsp3) is 0.543. The molecule has 2 amide bonds. The van der Waals surface area contributed by atoms with E-state index in [-0.39, 0.29) is 29.3 Å². The van der Waals surface area contributed by atoms with Crippen LogP contribution in [0.1, 0.15) is 74.5 Å². The number of carbonyl (C=O) groups is 2. The van der Waals surface area contributed by atoms with E-state index in [0.717, 1.165) is 72.5 Å². The highest BCUT2D eigenvalue weighted by Crippen LogP contribution is 2.73. The number of ether oxygens (including phenoxy) is 1. The van der Waals surface area contributed by atoms with E-state index in [4.69, 9.17) is 20.4 Å². The van der Waals surface area contributed by atoms with Gasteiger partial charge in [-0.3, -0.25) is 14.6 Å². The molecule has 4 saturated carbocycles. The number of aryl methyl sites for hydroxylation is 1. The van der Waals surface area contributed by atoms with Crippen LogP contribution in [0.15, 0.2) is 30.3 Å². The lowest BCUT2D eigenvalue weighted by Crippen LogP contribution is -2.66. The quantitative estimate of drug-likeness (QED) is 0.298. The number of nitrogens with one attached hydrogen (secondary N) is 1. The third-order valence-electron chi connectivity index (χ3n) is 11.0. The van der Waals surface area contributed by atoms with Crippen molar-refractivity contribution >= 4 is 33.9 Å². The summed E-state index contributed by atoms with van der Waals surface area (Å²) in [4.78, 5) is 37.1. The topological polar surface area (TPSA) is 124 Å². The van der Waals surface area contributed by atoms with Crippen LogP contribution in [0.2, 0.25) is 0 Å². The summed E-state index contributed by atoms with van der Waals surface area (Å²) >= 11 is 0. The summed E-state index contributed by atoms with van der Waals surface area (Å²) in [7, 11) is 5.54. The first kappa shape index (κ1) is 29.4. The predicted molar refractivity (Wildman–Crippen MR) is 176 cm³/mol. The number of benzene rings is 1. The van der Waals surface area contributed by atoms with Crippen molar-refractivity contribution < 1.29 is 14.3 Å². The maximum absolute atomic E-state index is 13.7. The van der Waals surface area contributed by atoms with Gasteiger partial charge in [0.05, 0.1) is 42.0 Å². The molecule has 11 nitrogen and oxygen atoms in total. The van der Waals surface area contributed by atoms with Crippen LogP contribution in [0.25, 0.3) is 33.6 Å². The van der Waals surface area contributed by atoms with Crippen molar-refractivity contribution in [3.8, 4) is 17.3 Å². The molecule has 2 bridgehead atoms. The molecule has 46 heavy (non-hydrogen) atoms. The number of hydrogen-bond acceptors (Lipinski definition) is 7. The number of nitrogens with zero attached hydrogens (tertiary/aromatic N) is 6. The Labute approximate surface area is 269 Å². The SMILES string of the molecule is COc1cc(C(=O)N2C[C@H](N)CCN2C)cc2nc(-c3cc4ccc([C@@H](C)NC(=O)C56CC(C)(C5)C6)nc4n3CC3CC3)n(C)c12. The van der Waals surface area contributed by atoms with E-state index >= 15 is 0 Å². The number of aromatic nitrogens is 4. The van der Waals surface area contributed by atoms with E-state index in [1.165, 1.54) is 12.8 Å². The van der Waals surface area contributed by atoms with Crippen molar-refractivity contribution in [3.63, 3.8) is 0 Å². The van der Waals surface area contributed by atoms with Gasteiger partial charge < -0.3 is 24.9 Å². The minimum Gasteiger partial charge on any atom is -0.494 e. The summed E-state index contributed by atoms with van der Waals surface area (Å²) in [5.41, 5.74) is 11.2. The summed E-state index contributed by atoms with van der Waals surface area (Å²) in [6.07, 6.45) is 6.25. The molecule has 0 spiro atoms. The van der Waals surface area contributed by atoms with E-state index < -0.39 is 0 Å². The van der Waals surface area contributed by atoms with E-state index in [2.05, 4.69) is 33.5 Å². The van der Waals surface area contributed by atoms with Gasteiger partial charge >= 0.3 is 0 Å². The van der Waals surface area contributed by atoms with Crippen LogP contribution in [-0.2, 0) is 18.4 Å². The highest BCUT2D eigenvalue weighted by Gasteiger charge is 2.68. The average Bonchev–Trinajstić information content (AvgIpc) is 3.68. The van der Waals surface area contributed by atoms with Gasteiger partial charge in [-0.25, -0.2) is 15.0 Å². The largest absolute Gasteiger partial charge is 0.494 e. The molecule has 3 N–H and O–H groups in total. The number of hydrogen-bond donors (Lipinski definition) is 2. The highest BCUT2D eigenvalue weighted by molar-refractivity contribution is 6.00. The Morgan fingerprint density at radius 1 is 1.11 bits per heavy atom. The molecule has 4 aromatic rings. The summed E-state index contributed by atoms with van der Waals surface area (Å²) in [6.45, 7) is 6.36. The zero-order chi connectivity index (χ0) is 32.1. The fourth-order valence-corrected chi connectivity index (χ4v) is 8.40. The molecule has 0 unspecified atom stereocenters. The van der Waals surface area contributed by atoms with Crippen LogP contribution >= 0.6 is 0 Å². The van der Waals surface area contributed by atoms with Gasteiger partial charge in [-0.1, -0.05) is 6.92 Å². The monoisotopic (exact) mass is 624 g/mol. The third kappa shape index (κ3) is 4.61. The molecule has 4 aliphatic carbocycles. The summed E-state index contributed by atoms with van der Waals surface area (Å²) in [5.74, 6) is 2.03. The Hall–Kier alpha value is -3.96. The maximum Gasteiger partial charge on any atom is 0.268 e. The molecular formula is C35H44N8O3. The molecule has 3 aromatic heterocycles. The van der Waals surface area contributed by atoms with Crippen LogP contribution < -0.4 is 15.8 Å². The van der Waals surface area contributed by atoms with Gasteiger partial charge in [0.25, 0.3) is 5.91 Å². The van der Waals surface area contributed by atoms with E-state index in [1.807, 2.05) is 38.2 Å². The zero-order valence-electron chi connectivity index (χ0n) is 27.5. The Bertz CT molecular complexity index is 1880. The van der Waals surface area contributed by atoms with Crippen LogP contribution in [0.5, 0.6) is 5.75 Å². The summed E-state index contributed by atoms with van der Waals surface area (Å²) in [6, 6.07) is 9.72. The van der Waals surface area contributed by atoms with Gasteiger partial charge in [0, 0.05) is 44.2 Å². The zero-order valence-corrected chi connectivity index (χ0v) is 27.5. The lowest BCUT2D eigenvalue weighted by atomic mass is 9.35. The molecular weight excluding hydrogens is 580 g/mol. The number of rotatable bonds is 8. The number of nitrogens with two attached hydrogens (primary N) is 1. The Morgan fingerprint density at radius 3 is 2.57 bits per heavy atom. The summed E-state index contributed by atoms with van der Waals surface area (Å²) in [5, 5.41) is 7.95. The van der Waals surface area contributed by atoms with Gasteiger partial charge in [0.1, 0.15) is 16.9 Å². The summed E-state index contributed by atoms with van der Waals surface area (Å²) < 4.78 is 10.2. The highest BCUT2D eigenvalue weighted by atomic mass is 16.5. The number of imidazole rings is 1. The first-order valence-electron chi connectivity index (χ1n) is 16.6. The number of carbonyl (C=O) groups excluding carboxylic acids is 2. The van der Waals surface area contributed by atoms with Crippen molar-refractivity contribution in [2.75, 3.05) is 27.2 Å². The van der Waals surface area contributed by atoms with Crippen molar-refractivity contribution in [1.29, 1.82) is 0 Å². The molecule has 242 valence electrons. The van der Waals surface area contributed by atoms with Gasteiger partial charge in [-0.05, 0) is 87.1 Å². The second-order valence-electron chi connectivity index (χ2n) is 14.9. The van der Waals surface area contributed by atoms with Gasteiger partial charge in [-0.15, -0.1) is 0 Å². The Balaban J connectivity index is 1.16. The van der Waals surface area contributed by atoms with E-state index in [0.29, 0.717) is 34.7 Å². The average molecular weight is 625 g/mol. The molecule has 9 rings (SSSR count). The molecule has 5 aliphatic rings. The number of pyridine rings is 1. The molecule has 11 heteroatoms. The molecule has 1 aliphatic heterocycles. The first-order valence-corrected chi connectivity index (χ1v) is 16.6. The standard InChI is InChI=1S/C35H44N8O3/c1-20(37-33(45)35-17-34(2,18-35)19-35)25-9-8-22-13-27(42(30(22)38-25)15-21-6-7-21)31-39-26-12-23(14-28(46-5)29(26)41(31)4)32(44)43-16-24(36)10-11-40(43)3/h8-9,12-14,20-21,24H,6-7,10-11,15-19,36H2,1-5H3,(H,37,45)/t20-,24-,34?,35?/m1/s1. The molecule has 1 saturated heterocycles. The number of fused-ring (bicyclic) bond motifs is 2. The third-order valence-corrected chi connectivity index (χ3v) is 11.0. The minimum atomic E-state index is -0.184. The van der Waals surface area contributed by atoms with Gasteiger partial charge in [0.15, 0.2) is 5.82 Å². The number of amides is 2. The number of hydrazine groups is 1. The second-order valence-corrected chi connectivity index (χ2v) is 14.9. The van der Waals surface area contributed by atoms with Crippen molar-refractivity contribution in [2.45, 2.75) is 71.0 Å². The lowest BCUT2D eigenvalue weighted by Gasteiger charge is -2.68. The van der Waals surface area contributed by atoms with Gasteiger partial charge in [0.2, 0.25) is 5.91 Å². The Morgan fingerprint density at radius 2 is 1.87 bits per heavy atom. The smallest absolute Gasteiger partial charge is 0.268 e. The molecule has 1 aromatic carbocycles. The minimum absolute atomic E-state index is 0.0504. The van der Waals surface area contributed by atoms with Crippen LogP contribution in [-0.4, -0.2) is 74.2 Å².